The van der Waals surface area contributed by atoms with Gasteiger partial charge < -0.3 is 10.1 Å². The van der Waals surface area contributed by atoms with Crippen molar-refractivity contribution >= 4 is 28.2 Å². The number of ether oxygens (including phenoxy) is 1. The van der Waals surface area contributed by atoms with Crippen molar-refractivity contribution in [3.63, 3.8) is 0 Å². The fraction of sp³-hybridized carbons (Fsp3) is 0.316. The number of nitrogens with one attached hydrogen (secondary N) is 1. The molecule has 0 bridgehead atoms. The zero-order valence-corrected chi connectivity index (χ0v) is 14.7. The standard InChI is InChI=1S/C19H18N2O3S/c1-2-12-6-8-13(9-7-12)19(23)24-11-17(22)21-18-15(10-20)14-4-3-5-16(14)25-18/h6-9H,2-5,11H2,1H3,(H,21,22). The first-order valence-electron chi connectivity index (χ1n) is 8.23. The number of nitrogens with zero attached hydrogens (tertiary/aromatic N) is 1. The quantitative estimate of drug-likeness (QED) is 0.834. The maximum absolute atomic E-state index is 12.1. The zero-order valence-electron chi connectivity index (χ0n) is 13.9. The molecule has 0 spiro atoms. The van der Waals surface area contributed by atoms with Crippen LogP contribution in [0.4, 0.5) is 5.00 Å². The Labute approximate surface area is 150 Å². The van der Waals surface area contributed by atoms with Gasteiger partial charge in [0, 0.05) is 4.88 Å². The monoisotopic (exact) mass is 354 g/mol. The second-order valence-electron chi connectivity index (χ2n) is 5.85. The highest BCUT2D eigenvalue weighted by atomic mass is 32.1. The number of aryl methyl sites for hydroxylation is 2. The molecule has 1 aromatic carbocycles. The third-order valence-electron chi connectivity index (χ3n) is 4.22. The van der Waals surface area contributed by atoms with Crippen molar-refractivity contribution in [2.24, 2.45) is 0 Å². The van der Waals surface area contributed by atoms with Crippen molar-refractivity contribution in [3.8, 4) is 6.07 Å². The number of hydrogen-bond acceptors (Lipinski definition) is 5. The van der Waals surface area contributed by atoms with Crippen molar-refractivity contribution < 1.29 is 14.3 Å². The molecule has 1 aliphatic carbocycles. The Kier molecular flexibility index (Phi) is 5.15. The fourth-order valence-corrected chi connectivity index (χ4v) is 4.12. The predicted molar refractivity (Wildman–Crippen MR) is 95.8 cm³/mol. The lowest BCUT2D eigenvalue weighted by molar-refractivity contribution is -0.119. The van der Waals surface area contributed by atoms with Crippen molar-refractivity contribution in [3.05, 3.63) is 51.4 Å². The SMILES string of the molecule is CCc1ccc(C(=O)OCC(=O)Nc2sc3c(c2C#N)CCC3)cc1. The molecule has 0 radical (unpaired) electrons. The van der Waals surface area contributed by atoms with E-state index in [2.05, 4.69) is 11.4 Å². The number of carbonyl (C=O) groups is 2. The minimum Gasteiger partial charge on any atom is -0.452 e. The van der Waals surface area contributed by atoms with Gasteiger partial charge in [-0.1, -0.05) is 19.1 Å². The summed E-state index contributed by atoms with van der Waals surface area (Å²) in [7, 11) is 0. The molecule has 1 aromatic heterocycles. The summed E-state index contributed by atoms with van der Waals surface area (Å²) in [4.78, 5) is 25.2. The number of amides is 1. The van der Waals surface area contributed by atoms with E-state index in [0.29, 0.717) is 16.1 Å². The molecule has 5 nitrogen and oxygen atoms in total. The summed E-state index contributed by atoms with van der Waals surface area (Å²) in [6.07, 6.45) is 3.78. The first-order valence-corrected chi connectivity index (χ1v) is 9.04. The van der Waals surface area contributed by atoms with Crippen LogP contribution in [-0.4, -0.2) is 18.5 Å². The van der Waals surface area contributed by atoms with Gasteiger partial charge in [-0.3, -0.25) is 4.79 Å². The molecule has 1 amide bonds. The molecule has 2 aromatic rings. The normalized spacial score (nSPS) is 12.3. The van der Waals surface area contributed by atoms with Crippen LogP contribution in [0, 0.1) is 11.3 Å². The van der Waals surface area contributed by atoms with Gasteiger partial charge in [-0.15, -0.1) is 11.3 Å². The summed E-state index contributed by atoms with van der Waals surface area (Å²) in [5.41, 5.74) is 3.14. The Hall–Kier alpha value is -2.65. The Morgan fingerprint density at radius 1 is 1.28 bits per heavy atom. The Balaban J connectivity index is 1.58. The van der Waals surface area contributed by atoms with E-state index >= 15 is 0 Å². The van der Waals surface area contributed by atoms with E-state index in [-0.39, 0.29) is 6.61 Å². The summed E-state index contributed by atoms with van der Waals surface area (Å²) in [6.45, 7) is 1.66. The maximum atomic E-state index is 12.1. The maximum Gasteiger partial charge on any atom is 0.338 e. The molecule has 0 saturated carbocycles. The highest BCUT2D eigenvalue weighted by molar-refractivity contribution is 7.16. The lowest BCUT2D eigenvalue weighted by Gasteiger charge is -2.06. The molecule has 128 valence electrons. The minimum absolute atomic E-state index is 0.373. The second-order valence-corrected chi connectivity index (χ2v) is 6.95. The van der Waals surface area contributed by atoms with Gasteiger partial charge in [-0.2, -0.15) is 5.26 Å². The van der Waals surface area contributed by atoms with Crippen molar-refractivity contribution in [1.29, 1.82) is 5.26 Å². The molecule has 1 N–H and O–H groups in total. The first-order chi connectivity index (χ1) is 12.1. The van der Waals surface area contributed by atoms with Crippen LogP contribution in [0.5, 0.6) is 0 Å². The Bertz CT molecular complexity index is 847. The highest BCUT2D eigenvalue weighted by Gasteiger charge is 2.23. The van der Waals surface area contributed by atoms with E-state index in [0.717, 1.165) is 36.8 Å². The van der Waals surface area contributed by atoms with E-state index in [1.807, 2.05) is 19.1 Å². The van der Waals surface area contributed by atoms with Crippen molar-refractivity contribution in [2.75, 3.05) is 11.9 Å². The van der Waals surface area contributed by atoms with Gasteiger partial charge in [0.25, 0.3) is 5.91 Å². The smallest absolute Gasteiger partial charge is 0.338 e. The van der Waals surface area contributed by atoms with Gasteiger partial charge in [-0.25, -0.2) is 4.79 Å². The third kappa shape index (κ3) is 3.72. The molecule has 6 heteroatoms. The average molecular weight is 354 g/mol. The molecule has 3 rings (SSSR count). The van der Waals surface area contributed by atoms with Crippen LogP contribution in [0.2, 0.25) is 0 Å². The van der Waals surface area contributed by atoms with Gasteiger partial charge in [0.2, 0.25) is 0 Å². The van der Waals surface area contributed by atoms with E-state index < -0.39 is 11.9 Å². The third-order valence-corrected chi connectivity index (χ3v) is 5.43. The van der Waals surface area contributed by atoms with Crippen molar-refractivity contribution in [1.82, 2.24) is 0 Å². The van der Waals surface area contributed by atoms with Crippen LogP contribution in [0.3, 0.4) is 0 Å². The molecule has 0 fully saturated rings. The van der Waals surface area contributed by atoms with Crippen LogP contribution >= 0.6 is 11.3 Å². The van der Waals surface area contributed by atoms with Crippen LogP contribution in [0.1, 0.15) is 45.3 Å². The van der Waals surface area contributed by atoms with Crippen LogP contribution < -0.4 is 5.32 Å². The van der Waals surface area contributed by atoms with Gasteiger partial charge in [-0.05, 0) is 48.9 Å². The van der Waals surface area contributed by atoms with Gasteiger partial charge in [0.1, 0.15) is 11.1 Å². The van der Waals surface area contributed by atoms with Crippen LogP contribution in [0.15, 0.2) is 24.3 Å². The number of nitriles is 1. The second kappa shape index (κ2) is 7.49. The number of anilines is 1. The summed E-state index contributed by atoms with van der Waals surface area (Å²) in [5, 5.41) is 12.6. The number of benzene rings is 1. The molecule has 0 aliphatic heterocycles. The predicted octanol–water partition coefficient (Wildman–Crippen LogP) is 3.47. The summed E-state index contributed by atoms with van der Waals surface area (Å²) in [5.74, 6) is -0.970. The zero-order chi connectivity index (χ0) is 17.8. The first kappa shape index (κ1) is 17.2. The number of fused-ring (bicyclic) bond motifs is 1. The molecular formula is C19H18N2O3S. The topological polar surface area (TPSA) is 79.2 Å². The Morgan fingerprint density at radius 3 is 2.72 bits per heavy atom. The highest BCUT2D eigenvalue weighted by Crippen LogP contribution is 2.38. The number of carbonyl (C=O) groups excluding carboxylic acids is 2. The summed E-state index contributed by atoms with van der Waals surface area (Å²) in [6, 6.07) is 9.28. The minimum atomic E-state index is -0.535. The van der Waals surface area contributed by atoms with Crippen molar-refractivity contribution in [2.45, 2.75) is 32.6 Å². The molecule has 0 atom stereocenters. The number of hydrogen-bond donors (Lipinski definition) is 1. The molecule has 0 saturated heterocycles. The summed E-state index contributed by atoms with van der Waals surface area (Å²) < 4.78 is 5.06. The van der Waals surface area contributed by atoms with E-state index in [1.165, 1.54) is 16.2 Å². The van der Waals surface area contributed by atoms with Crippen LogP contribution in [-0.2, 0) is 28.8 Å². The molecule has 1 heterocycles. The number of esters is 1. The van der Waals surface area contributed by atoms with E-state index in [1.54, 1.807) is 12.1 Å². The average Bonchev–Trinajstić information content (AvgIpc) is 3.20. The van der Waals surface area contributed by atoms with Gasteiger partial charge in [0.15, 0.2) is 6.61 Å². The molecule has 25 heavy (non-hydrogen) atoms. The summed E-state index contributed by atoms with van der Waals surface area (Å²) >= 11 is 1.44. The lowest BCUT2D eigenvalue weighted by atomic mass is 10.1. The van der Waals surface area contributed by atoms with Gasteiger partial charge in [0.05, 0.1) is 11.1 Å². The molecule has 0 unspecified atom stereocenters. The van der Waals surface area contributed by atoms with Crippen LogP contribution in [0.25, 0.3) is 0 Å². The van der Waals surface area contributed by atoms with Gasteiger partial charge >= 0.3 is 5.97 Å². The fourth-order valence-electron chi connectivity index (χ4n) is 2.86. The Morgan fingerprint density at radius 2 is 2.04 bits per heavy atom. The number of thiophene rings is 1. The molecule has 1 aliphatic rings. The van der Waals surface area contributed by atoms with E-state index in [9.17, 15) is 14.9 Å². The number of rotatable bonds is 5. The lowest BCUT2D eigenvalue weighted by Crippen LogP contribution is -2.20. The molecular weight excluding hydrogens is 336 g/mol. The largest absolute Gasteiger partial charge is 0.452 e. The van der Waals surface area contributed by atoms with E-state index in [4.69, 9.17) is 4.74 Å².